The molecule has 2 aromatic rings. The molecule has 2 aliphatic heterocycles. The lowest BCUT2D eigenvalue weighted by Crippen LogP contribution is -2.48. The second kappa shape index (κ2) is 9.08. The van der Waals surface area contributed by atoms with Gasteiger partial charge in [0.25, 0.3) is 0 Å². The van der Waals surface area contributed by atoms with Crippen molar-refractivity contribution in [3.63, 3.8) is 0 Å². The molecule has 1 spiro atoms. The van der Waals surface area contributed by atoms with Gasteiger partial charge in [-0.1, -0.05) is 23.2 Å². The van der Waals surface area contributed by atoms with Crippen molar-refractivity contribution in [2.75, 3.05) is 26.2 Å². The Morgan fingerprint density at radius 1 is 1.21 bits per heavy atom. The molecule has 1 aliphatic carbocycles. The number of carbonyl (C=O) groups is 2. The zero-order valence-electron chi connectivity index (χ0n) is 18.0. The maximum Gasteiger partial charge on any atom is 0.407 e. The molecule has 1 atom stereocenters. The Balaban J connectivity index is 1.44. The van der Waals surface area contributed by atoms with Crippen molar-refractivity contribution in [3.05, 3.63) is 61.3 Å². The number of carbonyl (C=O) groups excluding carboxylic acids is 2. The molecule has 174 valence electrons. The van der Waals surface area contributed by atoms with E-state index >= 15 is 0 Å². The minimum Gasteiger partial charge on any atom is -0.449 e. The first kappa shape index (κ1) is 22.9. The van der Waals surface area contributed by atoms with Gasteiger partial charge in [0.05, 0.1) is 12.3 Å². The standard InChI is InChI=1S/C24H24BrCl2N3O3/c25-17-8-16-2-1-15-9-18(26)10-19(27)21(15)24(22(16)28-12-17)3-5-30(6-4-24)20(31)7-14-11-29-23(32)33-13-14/h8-10,12,14H,1-7,11,13H2,(H,29,32). The second-order valence-electron chi connectivity index (χ2n) is 9.10. The van der Waals surface area contributed by atoms with Crippen molar-refractivity contribution in [1.82, 2.24) is 15.2 Å². The van der Waals surface area contributed by atoms with E-state index in [1.165, 1.54) is 5.56 Å². The lowest BCUT2D eigenvalue weighted by molar-refractivity contribution is -0.134. The van der Waals surface area contributed by atoms with E-state index in [-0.39, 0.29) is 23.8 Å². The third-order valence-electron chi connectivity index (χ3n) is 7.08. The molecule has 2 fully saturated rings. The highest BCUT2D eigenvalue weighted by Gasteiger charge is 2.45. The number of amides is 2. The number of likely N-dealkylation sites (tertiary alicyclic amines) is 1. The summed E-state index contributed by atoms with van der Waals surface area (Å²) in [7, 11) is 0. The number of ether oxygens (including phenoxy) is 1. The molecular formula is C24H24BrCl2N3O3. The average molecular weight is 553 g/mol. The van der Waals surface area contributed by atoms with Crippen LogP contribution in [0.25, 0.3) is 0 Å². The normalized spacial score (nSPS) is 21.5. The van der Waals surface area contributed by atoms with E-state index in [0.717, 1.165) is 47.0 Å². The van der Waals surface area contributed by atoms with Crippen molar-refractivity contribution in [2.24, 2.45) is 5.92 Å². The highest BCUT2D eigenvalue weighted by Crippen LogP contribution is 2.49. The topological polar surface area (TPSA) is 71.5 Å². The summed E-state index contributed by atoms with van der Waals surface area (Å²) >= 11 is 16.8. The van der Waals surface area contributed by atoms with Gasteiger partial charge in [0.2, 0.25) is 5.91 Å². The molecule has 0 bridgehead atoms. The molecular weight excluding hydrogens is 529 g/mol. The van der Waals surface area contributed by atoms with Crippen molar-refractivity contribution in [3.8, 4) is 0 Å². The first-order chi connectivity index (χ1) is 15.9. The van der Waals surface area contributed by atoms with E-state index in [1.807, 2.05) is 23.2 Å². The van der Waals surface area contributed by atoms with Crippen LogP contribution in [0.2, 0.25) is 10.0 Å². The quantitative estimate of drug-likeness (QED) is 0.575. The van der Waals surface area contributed by atoms with Gasteiger partial charge in [-0.2, -0.15) is 0 Å². The van der Waals surface area contributed by atoms with Crippen LogP contribution in [0.5, 0.6) is 0 Å². The number of nitrogens with zero attached hydrogens (tertiary/aromatic N) is 2. The number of fused-ring (bicyclic) bond motifs is 4. The molecule has 5 rings (SSSR count). The van der Waals surface area contributed by atoms with Crippen LogP contribution >= 0.6 is 39.1 Å². The minimum absolute atomic E-state index is 0.000947. The second-order valence-corrected chi connectivity index (χ2v) is 10.9. The zero-order chi connectivity index (χ0) is 23.2. The van der Waals surface area contributed by atoms with E-state index in [0.29, 0.717) is 36.1 Å². The fourth-order valence-corrected chi connectivity index (χ4v) is 6.61. The zero-order valence-corrected chi connectivity index (χ0v) is 21.1. The van der Waals surface area contributed by atoms with Gasteiger partial charge >= 0.3 is 6.09 Å². The Morgan fingerprint density at radius 3 is 2.70 bits per heavy atom. The van der Waals surface area contributed by atoms with Crippen LogP contribution in [0.15, 0.2) is 28.9 Å². The molecule has 1 N–H and O–H groups in total. The average Bonchev–Trinajstić information content (AvgIpc) is 2.90. The van der Waals surface area contributed by atoms with Crippen LogP contribution in [0.1, 0.15) is 41.6 Å². The van der Waals surface area contributed by atoms with Gasteiger partial charge in [-0.3, -0.25) is 9.78 Å². The number of benzene rings is 1. The Morgan fingerprint density at radius 2 is 1.97 bits per heavy atom. The SMILES string of the molecule is O=C1NCC(CC(=O)N2CCC3(CC2)c2ncc(Br)cc2CCc2cc(Cl)cc(Cl)c23)CO1. The largest absolute Gasteiger partial charge is 0.449 e. The number of halogens is 3. The third-order valence-corrected chi connectivity index (χ3v) is 8.03. The van der Waals surface area contributed by atoms with Crippen LogP contribution in [0.3, 0.4) is 0 Å². The molecule has 2 amide bonds. The molecule has 33 heavy (non-hydrogen) atoms. The number of nitrogens with one attached hydrogen (secondary N) is 1. The van der Waals surface area contributed by atoms with Crippen molar-refractivity contribution >= 4 is 51.1 Å². The van der Waals surface area contributed by atoms with Crippen molar-refractivity contribution in [2.45, 2.75) is 37.5 Å². The summed E-state index contributed by atoms with van der Waals surface area (Å²) in [5, 5.41) is 3.98. The number of cyclic esters (lactones) is 1. The smallest absolute Gasteiger partial charge is 0.407 e. The van der Waals surface area contributed by atoms with Gasteiger partial charge in [0.15, 0.2) is 0 Å². The van der Waals surface area contributed by atoms with Crippen LogP contribution < -0.4 is 5.32 Å². The van der Waals surface area contributed by atoms with Gasteiger partial charge in [-0.25, -0.2) is 4.79 Å². The number of alkyl carbamates (subject to hydrolysis) is 1. The van der Waals surface area contributed by atoms with Gasteiger partial charge in [-0.15, -0.1) is 0 Å². The molecule has 6 nitrogen and oxygen atoms in total. The first-order valence-electron chi connectivity index (χ1n) is 11.2. The lowest BCUT2D eigenvalue weighted by atomic mass is 9.68. The van der Waals surface area contributed by atoms with E-state index in [4.69, 9.17) is 32.9 Å². The monoisotopic (exact) mass is 551 g/mol. The fourth-order valence-electron chi connectivity index (χ4n) is 5.51. The predicted molar refractivity (Wildman–Crippen MR) is 130 cm³/mol. The highest BCUT2D eigenvalue weighted by molar-refractivity contribution is 9.10. The number of hydrogen-bond acceptors (Lipinski definition) is 4. The van der Waals surface area contributed by atoms with E-state index in [9.17, 15) is 9.59 Å². The first-order valence-corrected chi connectivity index (χ1v) is 12.7. The lowest BCUT2D eigenvalue weighted by Gasteiger charge is -2.43. The van der Waals surface area contributed by atoms with Gasteiger partial charge in [-0.05, 0) is 76.5 Å². The third kappa shape index (κ3) is 4.35. The molecule has 9 heteroatoms. The predicted octanol–water partition coefficient (Wildman–Crippen LogP) is 4.90. The molecule has 1 unspecified atom stereocenters. The van der Waals surface area contributed by atoms with Crippen LogP contribution in [0.4, 0.5) is 4.79 Å². The summed E-state index contributed by atoms with van der Waals surface area (Å²) < 4.78 is 5.99. The van der Waals surface area contributed by atoms with Crippen molar-refractivity contribution < 1.29 is 14.3 Å². The molecule has 3 aliphatic rings. The maximum atomic E-state index is 13.0. The van der Waals surface area contributed by atoms with E-state index < -0.39 is 6.09 Å². The number of aryl methyl sites for hydroxylation is 2. The summed E-state index contributed by atoms with van der Waals surface area (Å²) in [5.74, 6) is 0.0932. The highest BCUT2D eigenvalue weighted by atomic mass is 79.9. The Bertz CT molecular complexity index is 1110. The van der Waals surface area contributed by atoms with Gasteiger partial charge in [0, 0.05) is 58.1 Å². The van der Waals surface area contributed by atoms with Gasteiger partial charge < -0.3 is 15.0 Å². The van der Waals surface area contributed by atoms with E-state index in [2.05, 4.69) is 27.3 Å². The molecule has 2 saturated heterocycles. The number of hydrogen-bond donors (Lipinski definition) is 1. The number of piperidine rings is 1. The summed E-state index contributed by atoms with van der Waals surface area (Å²) in [6.07, 6.45) is 4.99. The van der Waals surface area contributed by atoms with Crippen LogP contribution in [-0.4, -0.2) is 48.1 Å². The number of aromatic nitrogens is 1. The molecule has 0 saturated carbocycles. The molecule has 1 aromatic heterocycles. The van der Waals surface area contributed by atoms with Gasteiger partial charge in [0.1, 0.15) is 0 Å². The van der Waals surface area contributed by atoms with E-state index in [1.54, 1.807) is 0 Å². The Kier molecular flexibility index (Phi) is 6.31. The summed E-state index contributed by atoms with van der Waals surface area (Å²) in [6, 6.07) is 6.00. The van der Waals surface area contributed by atoms with Crippen LogP contribution in [0, 0.1) is 5.92 Å². The van der Waals surface area contributed by atoms with Crippen LogP contribution in [-0.2, 0) is 27.8 Å². The minimum atomic E-state index is -0.416. The number of rotatable bonds is 2. The summed E-state index contributed by atoms with van der Waals surface area (Å²) in [6.45, 7) is 1.99. The number of pyridine rings is 1. The molecule has 3 heterocycles. The molecule has 0 radical (unpaired) electrons. The van der Waals surface area contributed by atoms with Crippen molar-refractivity contribution in [1.29, 1.82) is 0 Å². The maximum absolute atomic E-state index is 13.0. The Labute approximate surface area is 211 Å². The fraction of sp³-hybridized carbons (Fsp3) is 0.458. The summed E-state index contributed by atoms with van der Waals surface area (Å²) in [5.41, 5.74) is 4.18. The summed E-state index contributed by atoms with van der Waals surface area (Å²) in [4.78, 5) is 31.1. The Hall–Kier alpha value is -1.83. The molecule has 1 aromatic carbocycles.